The predicted octanol–water partition coefficient (Wildman–Crippen LogP) is 2.98. The lowest BCUT2D eigenvalue weighted by Gasteiger charge is -2.28. The van der Waals surface area contributed by atoms with Gasteiger partial charge in [0.25, 0.3) is 0 Å². The van der Waals surface area contributed by atoms with Crippen LogP contribution in [0.15, 0.2) is 4.99 Å². The fraction of sp³-hybridized carbons (Fsp3) is 0.923. The second-order valence-electron chi connectivity index (χ2n) is 4.91. The highest BCUT2D eigenvalue weighted by Gasteiger charge is 2.41. The van der Waals surface area contributed by atoms with Crippen molar-refractivity contribution in [2.45, 2.75) is 53.5 Å². The molecule has 15 heavy (non-hydrogen) atoms. The lowest BCUT2D eigenvalue weighted by molar-refractivity contribution is 0.220. The van der Waals surface area contributed by atoms with Gasteiger partial charge in [-0.2, -0.15) is 0 Å². The first-order chi connectivity index (χ1) is 7.09. The van der Waals surface area contributed by atoms with Gasteiger partial charge in [0.05, 0.1) is 0 Å². The molecule has 0 saturated carbocycles. The minimum absolute atomic E-state index is 0.375. The molecule has 1 saturated heterocycles. The molecule has 0 unspecified atom stereocenters. The molecule has 0 N–H and O–H groups in total. The molecule has 1 aliphatic rings. The van der Waals surface area contributed by atoms with Crippen molar-refractivity contribution in [2.24, 2.45) is 10.4 Å². The quantitative estimate of drug-likeness (QED) is 0.696. The Kier molecular flexibility index (Phi) is 4.32. The molecular formula is C13H26N2. The summed E-state index contributed by atoms with van der Waals surface area (Å²) < 4.78 is 0. The smallest absolute Gasteiger partial charge is 0.0372 e. The monoisotopic (exact) mass is 210 g/mol. The Morgan fingerprint density at radius 1 is 1.27 bits per heavy atom. The number of aliphatic imine (C=N–C) groups is 1. The maximum atomic E-state index is 4.73. The Morgan fingerprint density at radius 3 is 2.27 bits per heavy atom. The zero-order chi connectivity index (χ0) is 11.5. The molecule has 0 aromatic heterocycles. The fourth-order valence-corrected chi connectivity index (χ4v) is 2.55. The van der Waals surface area contributed by atoms with Crippen LogP contribution >= 0.6 is 0 Å². The van der Waals surface area contributed by atoms with Crippen LogP contribution in [0.1, 0.15) is 47.5 Å². The molecular weight excluding hydrogens is 184 g/mol. The summed E-state index contributed by atoms with van der Waals surface area (Å²) in [5.74, 6) is 0. The van der Waals surface area contributed by atoms with E-state index >= 15 is 0 Å². The maximum Gasteiger partial charge on any atom is 0.0372 e. The predicted molar refractivity (Wildman–Crippen MR) is 67.7 cm³/mol. The van der Waals surface area contributed by atoms with E-state index in [0.717, 1.165) is 13.1 Å². The van der Waals surface area contributed by atoms with Crippen molar-refractivity contribution in [3.63, 3.8) is 0 Å². The zero-order valence-electron chi connectivity index (χ0n) is 11.0. The van der Waals surface area contributed by atoms with Gasteiger partial charge in [-0.25, -0.2) is 0 Å². The van der Waals surface area contributed by atoms with Crippen molar-refractivity contribution in [1.82, 2.24) is 4.90 Å². The van der Waals surface area contributed by atoms with E-state index in [4.69, 9.17) is 4.99 Å². The molecule has 0 aromatic carbocycles. The van der Waals surface area contributed by atoms with Gasteiger partial charge in [-0.05, 0) is 33.6 Å². The standard InChI is InChI=1S/C13H26N2/c1-6-13(7-2)10-15(11(4)5)9-12(13)14-8-3/h11H,6-10H2,1-5H3/b14-12-. The average Bonchev–Trinajstić information content (AvgIpc) is 2.58. The summed E-state index contributed by atoms with van der Waals surface area (Å²) in [6.45, 7) is 14.5. The van der Waals surface area contributed by atoms with Crippen LogP contribution in [0.2, 0.25) is 0 Å². The minimum atomic E-state index is 0.375. The Balaban J connectivity index is 2.89. The van der Waals surface area contributed by atoms with Crippen molar-refractivity contribution in [3.05, 3.63) is 0 Å². The number of rotatable bonds is 4. The molecule has 0 bridgehead atoms. The lowest BCUT2D eigenvalue weighted by atomic mass is 9.80. The highest BCUT2D eigenvalue weighted by Crippen LogP contribution is 2.35. The summed E-state index contributed by atoms with van der Waals surface area (Å²) in [6.07, 6.45) is 2.46. The molecule has 88 valence electrons. The van der Waals surface area contributed by atoms with Gasteiger partial charge >= 0.3 is 0 Å². The summed E-state index contributed by atoms with van der Waals surface area (Å²) >= 11 is 0. The Bertz CT molecular complexity index is 227. The maximum absolute atomic E-state index is 4.73. The number of nitrogens with zero attached hydrogens (tertiary/aromatic N) is 2. The number of likely N-dealkylation sites (tertiary alicyclic amines) is 1. The van der Waals surface area contributed by atoms with Crippen LogP contribution in [0, 0.1) is 5.41 Å². The van der Waals surface area contributed by atoms with E-state index in [2.05, 4.69) is 39.5 Å². The van der Waals surface area contributed by atoms with Crippen LogP contribution < -0.4 is 0 Å². The van der Waals surface area contributed by atoms with Crippen molar-refractivity contribution in [1.29, 1.82) is 0 Å². The van der Waals surface area contributed by atoms with Gasteiger partial charge in [0.1, 0.15) is 0 Å². The summed E-state index contributed by atoms with van der Waals surface area (Å²) in [4.78, 5) is 7.28. The minimum Gasteiger partial charge on any atom is -0.295 e. The van der Waals surface area contributed by atoms with E-state index in [1.807, 2.05) is 0 Å². The molecule has 0 atom stereocenters. The topological polar surface area (TPSA) is 15.6 Å². The van der Waals surface area contributed by atoms with E-state index < -0.39 is 0 Å². The first-order valence-electron chi connectivity index (χ1n) is 6.37. The molecule has 2 nitrogen and oxygen atoms in total. The summed E-state index contributed by atoms with van der Waals surface area (Å²) in [5, 5.41) is 0. The van der Waals surface area contributed by atoms with Gasteiger partial charge < -0.3 is 0 Å². The van der Waals surface area contributed by atoms with Crippen LogP contribution in [0.5, 0.6) is 0 Å². The lowest BCUT2D eigenvalue weighted by Crippen LogP contribution is -2.32. The molecule has 1 rings (SSSR count). The summed E-state index contributed by atoms with van der Waals surface area (Å²) in [6, 6.07) is 0.645. The van der Waals surface area contributed by atoms with Crippen molar-refractivity contribution < 1.29 is 0 Å². The van der Waals surface area contributed by atoms with Crippen molar-refractivity contribution in [3.8, 4) is 0 Å². The SMILES string of the molecule is CC/N=C1/CN(C(C)C)CC1(CC)CC. The van der Waals surface area contributed by atoms with Crippen LogP contribution in [0.25, 0.3) is 0 Å². The Morgan fingerprint density at radius 2 is 1.87 bits per heavy atom. The van der Waals surface area contributed by atoms with Gasteiger partial charge in [-0.3, -0.25) is 9.89 Å². The van der Waals surface area contributed by atoms with Crippen LogP contribution in [0.3, 0.4) is 0 Å². The van der Waals surface area contributed by atoms with Crippen LogP contribution in [-0.2, 0) is 0 Å². The highest BCUT2D eigenvalue weighted by atomic mass is 15.2. The molecule has 0 amide bonds. The van der Waals surface area contributed by atoms with E-state index in [-0.39, 0.29) is 0 Å². The third-order valence-corrected chi connectivity index (χ3v) is 3.90. The van der Waals surface area contributed by atoms with Gasteiger partial charge in [0, 0.05) is 36.8 Å². The van der Waals surface area contributed by atoms with E-state index in [1.54, 1.807) is 0 Å². The van der Waals surface area contributed by atoms with Gasteiger partial charge in [0.2, 0.25) is 0 Å². The third-order valence-electron chi connectivity index (χ3n) is 3.90. The number of hydrogen-bond acceptors (Lipinski definition) is 2. The normalized spacial score (nSPS) is 24.3. The molecule has 1 heterocycles. The first-order valence-corrected chi connectivity index (χ1v) is 6.37. The summed E-state index contributed by atoms with van der Waals surface area (Å²) in [7, 11) is 0. The first kappa shape index (κ1) is 12.7. The second kappa shape index (κ2) is 5.11. The Hall–Kier alpha value is -0.370. The second-order valence-corrected chi connectivity index (χ2v) is 4.91. The third kappa shape index (κ3) is 2.41. The molecule has 0 radical (unpaired) electrons. The highest BCUT2D eigenvalue weighted by molar-refractivity contribution is 5.94. The van der Waals surface area contributed by atoms with E-state index in [9.17, 15) is 0 Å². The van der Waals surface area contributed by atoms with Crippen molar-refractivity contribution >= 4 is 5.71 Å². The average molecular weight is 210 g/mol. The summed E-state index contributed by atoms with van der Waals surface area (Å²) in [5.41, 5.74) is 1.82. The Labute approximate surface area is 94.8 Å². The molecule has 1 fully saturated rings. The zero-order valence-corrected chi connectivity index (χ0v) is 11.0. The van der Waals surface area contributed by atoms with E-state index in [1.165, 1.54) is 25.1 Å². The van der Waals surface area contributed by atoms with Gasteiger partial charge in [-0.15, -0.1) is 0 Å². The number of hydrogen-bond donors (Lipinski definition) is 0. The molecule has 0 spiro atoms. The van der Waals surface area contributed by atoms with Crippen molar-refractivity contribution in [2.75, 3.05) is 19.6 Å². The van der Waals surface area contributed by atoms with Crippen LogP contribution in [-0.4, -0.2) is 36.3 Å². The van der Waals surface area contributed by atoms with Gasteiger partial charge in [-0.1, -0.05) is 13.8 Å². The molecule has 0 aliphatic carbocycles. The van der Waals surface area contributed by atoms with Gasteiger partial charge in [0.15, 0.2) is 0 Å². The van der Waals surface area contributed by atoms with E-state index in [0.29, 0.717) is 11.5 Å². The molecule has 1 aliphatic heterocycles. The largest absolute Gasteiger partial charge is 0.295 e. The molecule has 0 aromatic rings. The fourth-order valence-electron chi connectivity index (χ4n) is 2.55. The van der Waals surface area contributed by atoms with Crippen LogP contribution in [0.4, 0.5) is 0 Å². The molecule has 2 heteroatoms.